The number of benzene rings is 1. The first-order valence-electron chi connectivity index (χ1n) is 11.8. The van der Waals surface area contributed by atoms with Crippen molar-refractivity contribution in [3.05, 3.63) is 35.9 Å². The molecule has 0 aliphatic heterocycles. The molecule has 0 heterocycles. The van der Waals surface area contributed by atoms with Gasteiger partial charge < -0.3 is 15.2 Å². The standard InChI is InChI=1S/C25H41NO4/c1-3-5-6-7-8-9-10-11-12-13-17-20-22(27)30-24(21-18-15-14-16-19-21)23(26)25(28)29-4-2/h14-16,18-19,23-24H,3-13,17,20,26H2,1-2H3/p+1. The molecule has 0 fully saturated rings. The van der Waals surface area contributed by atoms with E-state index in [1.165, 1.54) is 51.4 Å². The van der Waals surface area contributed by atoms with Crippen molar-refractivity contribution in [2.45, 2.75) is 103 Å². The number of quaternary nitrogens is 1. The van der Waals surface area contributed by atoms with Crippen LogP contribution in [0.15, 0.2) is 30.3 Å². The van der Waals surface area contributed by atoms with E-state index in [9.17, 15) is 9.59 Å². The fraction of sp³-hybridized carbons (Fsp3) is 0.680. The zero-order valence-electron chi connectivity index (χ0n) is 19.1. The van der Waals surface area contributed by atoms with Gasteiger partial charge in [-0.15, -0.1) is 0 Å². The van der Waals surface area contributed by atoms with E-state index in [1.54, 1.807) is 6.92 Å². The molecule has 0 amide bonds. The Morgan fingerprint density at radius 1 is 0.833 bits per heavy atom. The summed E-state index contributed by atoms with van der Waals surface area (Å²) in [6, 6.07) is 8.51. The van der Waals surface area contributed by atoms with Crippen LogP contribution in [-0.2, 0) is 19.1 Å². The third-order valence-electron chi connectivity index (χ3n) is 5.33. The second kappa shape index (κ2) is 16.9. The number of carbonyl (C=O) groups excluding carboxylic acids is 2. The summed E-state index contributed by atoms with van der Waals surface area (Å²) in [6.45, 7) is 4.27. The van der Waals surface area contributed by atoms with Gasteiger partial charge in [0.15, 0.2) is 6.10 Å². The first-order chi connectivity index (χ1) is 14.6. The Bertz CT molecular complexity index is 576. The van der Waals surface area contributed by atoms with Crippen molar-refractivity contribution >= 4 is 11.9 Å². The third-order valence-corrected chi connectivity index (χ3v) is 5.33. The third kappa shape index (κ3) is 11.3. The van der Waals surface area contributed by atoms with Gasteiger partial charge in [-0.25, -0.2) is 4.79 Å². The van der Waals surface area contributed by atoms with Crippen LogP contribution in [0.25, 0.3) is 0 Å². The Balaban J connectivity index is 2.29. The van der Waals surface area contributed by atoms with Crippen molar-refractivity contribution in [3.8, 4) is 0 Å². The van der Waals surface area contributed by atoms with Crippen LogP contribution in [0.3, 0.4) is 0 Å². The normalized spacial score (nSPS) is 12.9. The largest absolute Gasteiger partial charge is 0.461 e. The van der Waals surface area contributed by atoms with E-state index in [0.717, 1.165) is 24.8 Å². The molecule has 0 radical (unpaired) electrons. The molecular formula is C25H42NO4+. The van der Waals surface area contributed by atoms with Crippen LogP contribution in [0.1, 0.15) is 103 Å². The van der Waals surface area contributed by atoms with Crippen molar-refractivity contribution in [2.75, 3.05) is 6.61 Å². The Labute approximate surface area is 182 Å². The SMILES string of the molecule is CCCCCCCCCCCCCC(=O)OC(c1ccccc1)C([NH3+])C(=O)OCC. The number of ether oxygens (including phenoxy) is 2. The van der Waals surface area contributed by atoms with Crippen LogP contribution in [0.2, 0.25) is 0 Å². The predicted molar refractivity (Wildman–Crippen MR) is 120 cm³/mol. The summed E-state index contributed by atoms with van der Waals surface area (Å²) in [6.07, 6.45) is 13.2. The Morgan fingerprint density at radius 2 is 1.37 bits per heavy atom. The van der Waals surface area contributed by atoms with Gasteiger partial charge in [0, 0.05) is 6.42 Å². The fourth-order valence-electron chi connectivity index (χ4n) is 3.53. The van der Waals surface area contributed by atoms with Crippen LogP contribution in [-0.4, -0.2) is 24.6 Å². The Hall–Kier alpha value is -1.88. The fourth-order valence-corrected chi connectivity index (χ4v) is 3.53. The molecule has 0 spiro atoms. The lowest BCUT2D eigenvalue weighted by molar-refractivity contribution is -0.426. The molecule has 2 unspecified atom stereocenters. The van der Waals surface area contributed by atoms with E-state index >= 15 is 0 Å². The molecule has 0 aromatic heterocycles. The molecule has 30 heavy (non-hydrogen) atoms. The first-order valence-corrected chi connectivity index (χ1v) is 11.8. The molecule has 0 saturated heterocycles. The van der Waals surface area contributed by atoms with Crippen molar-refractivity contribution < 1.29 is 24.8 Å². The van der Waals surface area contributed by atoms with Gasteiger partial charge in [-0.2, -0.15) is 0 Å². The average molecular weight is 421 g/mol. The summed E-state index contributed by atoms with van der Waals surface area (Å²) in [5.74, 6) is -0.730. The average Bonchev–Trinajstić information content (AvgIpc) is 2.76. The highest BCUT2D eigenvalue weighted by atomic mass is 16.6. The highest BCUT2D eigenvalue weighted by molar-refractivity contribution is 5.76. The molecule has 1 aromatic rings. The highest BCUT2D eigenvalue weighted by Crippen LogP contribution is 2.22. The van der Waals surface area contributed by atoms with Crippen molar-refractivity contribution in [3.63, 3.8) is 0 Å². The van der Waals surface area contributed by atoms with E-state index in [4.69, 9.17) is 9.47 Å². The molecule has 5 heteroatoms. The molecule has 170 valence electrons. The van der Waals surface area contributed by atoms with Gasteiger partial charge >= 0.3 is 11.9 Å². The minimum absolute atomic E-state index is 0.277. The monoisotopic (exact) mass is 420 g/mol. The number of unbranched alkanes of at least 4 members (excludes halogenated alkanes) is 10. The number of hydrogen-bond donors (Lipinski definition) is 1. The van der Waals surface area contributed by atoms with Crippen LogP contribution < -0.4 is 5.73 Å². The Kier molecular flexibility index (Phi) is 14.7. The lowest BCUT2D eigenvalue weighted by Crippen LogP contribution is -2.68. The van der Waals surface area contributed by atoms with Crippen LogP contribution in [0.4, 0.5) is 0 Å². The van der Waals surface area contributed by atoms with Gasteiger partial charge in [0.25, 0.3) is 0 Å². The van der Waals surface area contributed by atoms with Crippen LogP contribution >= 0.6 is 0 Å². The number of esters is 2. The van der Waals surface area contributed by atoms with E-state index < -0.39 is 18.1 Å². The minimum atomic E-state index is -0.784. The number of hydrogen-bond acceptors (Lipinski definition) is 4. The molecule has 0 bridgehead atoms. The van der Waals surface area contributed by atoms with Gasteiger partial charge in [0.05, 0.1) is 6.61 Å². The molecule has 1 aromatic carbocycles. The Morgan fingerprint density at radius 3 is 1.90 bits per heavy atom. The molecule has 0 aliphatic carbocycles. The topological polar surface area (TPSA) is 80.2 Å². The van der Waals surface area contributed by atoms with Gasteiger partial charge in [-0.05, 0) is 18.9 Å². The zero-order chi connectivity index (χ0) is 22.0. The van der Waals surface area contributed by atoms with Gasteiger partial charge in [-0.1, -0.05) is 101 Å². The summed E-state index contributed by atoms with van der Waals surface area (Å²) in [7, 11) is 0. The molecule has 5 nitrogen and oxygen atoms in total. The van der Waals surface area contributed by atoms with Crippen molar-refractivity contribution in [1.29, 1.82) is 0 Å². The molecule has 1 rings (SSSR count). The molecule has 3 N–H and O–H groups in total. The lowest BCUT2D eigenvalue weighted by Gasteiger charge is -2.21. The van der Waals surface area contributed by atoms with Crippen molar-refractivity contribution in [2.24, 2.45) is 0 Å². The summed E-state index contributed by atoms with van der Waals surface area (Å²) in [5.41, 5.74) is 4.66. The van der Waals surface area contributed by atoms with E-state index in [1.807, 2.05) is 30.3 Å². The summed E-state index contributed by atoms with van der Waals surface area (Å²) in [5, 5.41) is 0. The molecule has 0 saturated carbocycles. The van der Waals surface area contributed by atoms with E-state index in [0.29, 0.717) is 6.42 Å². The van der Waals surface area contributed by atoms with Crippen molar-refractivity contribution in [1.82, 2.24) is 0 Å². The summed E-state index contributed by atoms with van der Waals surface area (Å²) < 4.78 is 10.7. The van der Waals surface area contributed by atoms with Gasteiger partial charge in [-0.3, -0.25) is 4.79 Å². The maximum Gasteiger partial charge on any atom is 0.369 e. The molecular weight excluding hydrogens is 378 g/mol. The summed E-state index contributed by atoms with van der Waals surface area (Å²) >= 11 is 0. The highest BCUT2D eigenvalue weighted by Gasteiger charge is 2.34. The maximum absolute atomic E-state index is 12.4. The van der Waals surface area contributed by atoms with Gasteiger partial charge in [0.2, 0.25) is 6.04 Å². The smallest absolute Gasteiger partial charge is 0.369 e. The van der Waals surface area contributed by atoms with E-state index in [2.05, 4.69) is 12.7 Å². The van der Waals surface area contributed by atoms with Gasteiger partial charge in [0.1, 0.15) is 0 Å². The first kappa shape index (κ1) is 26.2. The zero-order valence-corrected chi connectivity index (χ0v) is 19.1. The number of carbonyl (C=O) groups is 2. The maximum atomic E-state index is 12.4. The number of rotatable bonds is 17. The lowest BCUT2D eigenvalue weighted by atomic mass is 10.0. The quantitative estimate of drug-likeness (QED) is 0.279. The second-order valence-corrected chi connectivity index (χ2v) is 7.97. The minimum Gasteiger partial charge on any atom is -0.461 e. The molecule has 0 aliphatic rings. The molecule has 2 atom stereocenters. The predicted octanol–water partition coefficient (Wildman–Crippen LogP) is 5.15. The van der Waals surface area contributed by atoms with E-state index in [-0.39, 0.29) is 12.6 Å². The summed E-state index contributed by atoms with van der Waals surface area (Å²) in [4.78, 5) is 24.5. The van der Waals surface area contributed by atoms with Crippen LogP contribution in [0.5, 0.6) is 0 Å². The second-order valence-electron chi connectivity index (χ2n) is 7.97. The van der Waals surface area contributed by atoms with Crippen LogP contribution in [0, 0.1) is 0 Å².